The number of carbonyl (C=O) groups excluding carboxylic acids is 2. The third kappa shape index (κ3) is 4.64. The van der Waals surface area contributed by atoms with Crippen molar-refractivity contribution in [3.8, 4) is 11.5 Å². The summed E-state index contributed by atoms with van der Waals surface area (Å²) in [6.07, 6.45) is 3.82. The van der Waals surface area contributed by atoms with Crippen molar-refractivity contribution in [3.63, 3.8) is 0 Å². The van der Waals surface area contributed by atoms with Crippen LogP contribution < -0.4 is 14.8 Å². The average molecular weight is 401 g/mol. The third-order valence-corrected chi connectivity index (χ3v) is 4.26. The number of nitrogens with one attached hydrogen (secondary N) is 1. The maximum atomic E-state index is 12.5. The van der Waals surface area contributed by atoms with Gasteiger partial charge in [-0.2, -0.15) is 0 Å². The summed E-state index contributed by atoms with van der Waals surface area (Å²) in [6.45, 7) is 1.71. The molecule has 2 aromatic carbocycles. The standard InChI is InChI=1S/C23H19N3O4/c1-16(27)24-18-8-10-20(11-9-18)30-23(28)17-5-4-6-21(13-17)29-15-19-14-26-12-3-2-7-22(26)25-19/h2-14H,15H2,1H3,(H,24,27). The van der Waals surface area contributed by atoms with Crippen LogP contribution >= 0.6 is 0 Å². The topological polar surface area (TPSA) is 81.9 Å². The van der Waals surface area contributed by atoms with Crippen LogP contribution in [0.15, 0.2) is 79.1 Å². The minimum atomic E-state index is -0.500. The zero-order chi connectivity index (χ0) is 20.9. The Hall–Kier alpha value is -4.13. The Kier molecular flexibility index (Phi) is 5.43. The molecule has 0 aliphatic carbocycles. The number of hydrogen-bond donors (Lipinski definition) is 1. The Morgan fingerprint density at radius 3 is 2.60 bits per heavy atom. The zero-order valence-electron chi connectivity index (χ0n) is 16.2. The lowest BCUT2D eigenvalue weighted by atomic mass is 10.2. The molecule has 2 heterocycles. The molecule has 0 spiro atoms. The molecule has 0 fully saturated rings. The Bertz CT molecular complexity index is 1170. The van der Waals surface area contributed by atoms with Crippen molar-refractivity contribution >= 4 is 23.2 Å². The van der Waals surface area contributed by atoms with E-state index in [4.69, 9.17) is 9.47 Å². The molecule has 0 saturated heterocycles. The summed E-state index contributed by atoms with van der Waals surface area (Å²) in [5.41, 5.74) is 2.63. The van der Waals surface area contributed by atoms with Gasteiger partial charge in [-0.25, -0.2) is 9.78 Å². The van der Waals surface area contributed by atoms with Gasteiger partial charge in [0.15, 0.2) is 0 Å². The van der Waals surface area contributed by atoms with Gasteiger partial charge in [-0.3, -0.25) is 4.79 Å². The number of rotatable bonds is 6. The van der Waals surface area contributed by atoms with Crippen LogP contribution in [0, 0.1) is 0 Å². The largest absolute Gasteiger partial charge is 0.487 e. The molecule has 0 aliphatic rings. The van der Waals surface area contributed by atoms with Crippen LogP contribution in [0.4, 0.5) is 5.69 Å². The quantitative estimate of drug-likeness (QED) is 0.389. The fraction of sp³-hybridized carbons (Fsp3) is 0.0870. The van der Waals surface area contributed by atoms with Gasteiger partial charge in [0.25, 0.3) is 0 Å². The third-order valence-electron chi connectivity index (χ3n) is 4.26. The number of amides is 1. The molecule has 0 unspecified atom stereocenters. The number of aromatic nitrogens is 2. The van der Waals surface area contributed by atoms with Gasteiger partial charge in [0.05, 0.1) is 11.3 Å². The Morgan fingerprint density at radius 1 is 1.00 bits per heavy atom. The zero-order valence-corrected chi connectivity index (χ0v) is 16.2. The van der Waals surface area contributed by atoms with Gasteiger partial charge < -0.3 is 19.2 Å². The summed E-state index contributed by atoms with van der Waals surface area (Å²) < 4.78 is 13.1. The molecule has 0 atom stereocenters. The van der Waals surface area contributed by atoms with Crippen molar-refractivity contribution in [2.24, 2.45) is 0 Å². The number of benzene rings is 2. The van der Waals surface area contributed by atoms with Crippen LogP contribution in [0.3, 0.4) is 0 Å². The van der Waals surface area contributed by atoms with Gasteiger partial charge in [0, 0.05) is 25.0 Å². The van der Waals surface area contributed by atoms with Crippen LogP contribution in [-0.2, 0) is 11.4 Å². The summed E-state index contributed by atoms with van der Waals surface area (Å²) in [5.74, 6) is 0.258. The maximum Gasteiger partial charge on any atom is 0.343 e. The number of anilines is 1. The molecule has 1 amide bonds. The molecule has 150 valence electrons. The number of nitrogens with zero attached hydrogens (tertiary/aromatic N) is 2. The molecular weight excluding hydrogens is 382 g/mol. The molecule has 2 aromatic heterocycles. The smallest absolute Gasteiger partial charge is 0.343 e. The molecule has 4 aromatic rings. The predicted octanol–water partition coefficient (Wildman–Crippen LogP) is 4.09. The van der Waals surface area contributed by atoms with Crippen LogP contribution in [0.1, 0.15) is 23.0 Å². The first kappa shape index (κ1) is 19.2. The van der Waals surface area contributed by atoms with E-state index >= 15 is 0 Å². The number of imidazole rings is 1. The average Bonchev–Trinajstić information content (AvgIpc) is 3.16. The van der Waals surface area contributed by atoms with Crippen LogP contribution in [-0.4, -0.2) is 21.3 Å². The first-order valence-electron chi connectivity index (χ1n) is 9.32. The van der Waals surface area contributed by atoms with Gasteiger partial charge in [0.1, 0.15) is 23.8 Å². The molecule has 0 bridgehead atoms. The molecule has 4 rings (SSSR count). The highest BCUT2D eigenvalue weighted by Gasteiger charge is 2.11. The van der Waals surface area contributed by atoms with Crippen molar-refractivity contribution in [3.05, 3.63) is 90.4 Å². The van der Waals surface area contributed by atoms with Crippen molar-refractivity contribution in [2.75, 3.05) is 5.32 Å². The molecule has 30 heavy (non-hydrogen) atoms. The van der Waals surface area contributed by atoms with Crippen LogP contribution in [0.2, 0.25) is 0 Å². The lowest BCUT2D eigenvalue weighted by molar-refractivity contribution is -0.114. The first-order valence-corrected chi connectivity index (χ1v) is 9.32. The molecule has 0 aliphatic heterocycles. The molecule has 7 nitrogen and oxygen atoms in total. The Labute approximate surface area is 172 Å². The number of carbonyl (C=O) groups is 2. The van der Waals surface area contributed by atoms with E-state index < -0.39 is 5.97 Å². The van der Waals surface area contributed by atoms with E-state index in [2.05, 4.69) is 10.3 Å². The highest BCUT2D eigenvalue weighted by Crippen LogP contribution is 2.20. The monoisotopic (exact) mass is 401 g/mol. The highest BCUT2D eigenvalue weighted by molar-refractivity contribution is 5.92. The molecule has 7 heteroatoms. The fourth-order valence-electron chi connectivity index (χ4n) is 2.90. The SMILES string of the molecule is CC(=O)Nc1ccc(OC(=O)c2cccc(OCc3cn4ccccc4n3)c2)cc1. The summed E-state index contributed by atoms with van der Waals surface area (Å²) in [7, 11) is 0. The van der Waals surface area contributed by atoms with Crippen molar-refractivity contribution < 1.29 is 19.1 Å². The number of hydrogen-bond acceptors (Lipinski definition) is 5. The number of pyridine rings is 1. The fourth-order valence-corrected chi connectivity index (χ4v) is 2.90. The lowest BCUT2D eigenvalue weighted by Gasteiger charge is -2.08. The van der Waals surface area contributed by atoms with E-state index in [1.54, 1.807) is 48.5 Å². The highest BCUT2D eigenvalue weighted by atomic mass is 16.5. The first-order chi connectivity index (χ1) is 14.6. The molecule has 0 saturated carbocycles. The van der Waals surface area contributed by atoms with E-state index in [1.807, 2.05) is 35.0 Å². The summed E-state index contributed by atoms with van der Waals surface area (Å²) in [5, 5.41) is 2.66. The minimum absolute atomic E-state index is 0.166. The number of esters is 1. The van der Waals surface area contributed by atoms with Gasteiger partial charge in [0.2, 0.25) is 5.91 Å². The lowest BCUT2D eigenvalue weighted by Crippen LogP contribution is -2.09. The second kappa shape index (κ2) is 8.48. The van der Waals surface area contributed by atoms with E-state index in [9.17, 15) is 9.59 Å². The summed E-state index contributed by atoms with van der Waals surface area (Å²) in [4.78, 5) is 28.0. The Balaban J connectivity index is 1.39. The van der Waals surface area contributed by atoms with Gasteiger partial charge in [-0.15, -0.1) is 0 Å². The van der Waals surface area contributed by atoms with Crippen LogP contribution in [0.5, 0.6) is 11.5 Å². The van der Waals surface area contributed by atoms with Crippen molar-refractivity contribution in [1.29, 1.82) is 0 Å². The van der Waals surface area contributed by atoms with E-state index in [0.717, 1.165) is 11.3 Å². The van der Waals surface area contributed by atoms with Gasteiger partial charge >= 0.3 is 5.97 Å². The van der Waals surface area contributed by atoms with E-state index in [-0.39, 0.29) is 12.5 Å². The van der Waals surface area contributed by atoms with Crippen molar-refractivity contribution in [1.82, 2.24) is 9.38 Å². The minimum Gasteiger partial charge on any atom is -0.487 e. The molecule has 0 radical (unpaired) electrons. The summed E-state index contributed by atoms with van der Waals surface area (Å²) in [6, 6.07) is 19.1. The van der Waals surface area contributed by atoms with Crippen molar-refractivity contribution in [2.45, 2.75) is 13.5 Å². The normalized spacial score (nSPS) is 10.6. The van der Waals surface area contributed by atoms with Gasteiger partial charge in [-0.05, 0) is 54.6 Å². The second-order valence-electron chi connectivity index (χ2n) is 6.61. The summed E-state index contributed by atoms with van der Waals surface area (Å²) >= 11 is 0. The Morgan fingerprint density at radius 2 is 1.83 bits per heavy atom. The van der Waals surface area contributed by atoms with Crippen LogP contribution in [0.25, 0.3) is 5.65 Å². The second-order valence-corrected chi connectivity index (χ2v) is 6.61. The predicted molar refractivity (Wildman–Crippen MR) is 112 cm³/mol. The van der Waals surface area contributed by atoms with Gasteiger partial charge in [-0.1, -0.05) is 12.1 Å². The number of fused-ring (bicyclic) bond motifs is 1. The molecule has 1 N–H and O–H groups in total. The maximum absolute atomic E-state index is 12.5. The molecular formula is C23H19N3O4. The van der Waals surface area contributed by atoms with E-state index in [1.165, 1.54) is 6.92 Å². The van der Waals surface area contributed by atoms with E-state index in [0.29, 0.717) is 22.7 Å². The number of ether oxygens (including phenoxy) is 2.